The van der Waals surface area contributed by atoms with Crippen LogP contribution < -0.4 is 10.9 Å². The quantitative estimate of drug-likeness (QED) is 0.647. The van der Waals surface area contributed by atoms with Crippen LogP contribution in [-0.4, -0.2) is 47.0 Å². The summed E-state index contributed by atoms with van der Waals surface area (Å²) in [7, 11) is 0. The summed E-state index contributed by atoms with van der Waals surface area (Å²) in [4.78, 5) is 28.2. The summed E-state index contributed by atoms with van der Waals surface area (Å²) >= 11 is 0. The van der Waals surface area contributed by atoms with Crippen molar-refractivity contribution in [3.8, 4) is 0 Å². The number of hydrogen-bond acceptors (Lipinski definition) is 5. The third-order valence-electron chi connectivity index (χ3n) is 5.17. The zero-order valence-corrected chi connectivity index (χ0v) is 14.1. The van der Waals surface area contributed by atoms with Gasteiger partial charge in [-0.2, -0.15) is 0 Å². The number of fused-ring (bicyclic) bond motifs is 1. The number of benzene rings is 1. The molecule has 2 aliphatic rings. The molecule has 0 radical (unpaired) electrons. The van der Waals surface area contributed by atoms with Crippen molar-refractivity contribution < 1.29 is 9.31 Å². The van der Waals surface area contributed by atoms with Gasteiger partial charge in [-0.15, -0.1) is 0 Å². The minimum Gasteiger partial charge on any atom is -0.322 e. The second kappa shape index (κ2) is 6.62. The van der Waals surface area contributed by atoms with E-state index in [4.69, 9.17) is 0 Å². The number of nitro groups is 1. The smallest absolute Gasteiger partial charge is 0.280 e. The van der Waals surface area contributed by atoms with Crippen molar-refractivity contribution in [1.82, 2.24) is 15.2 Å². The molecule has 4 rings (SSSR count). The topological polar surface area (TPSA) is 91.3 Å². The summed E-state index contributed by atoms with van der Waals surface area (Å²) in [6.45, 7) is 3.88. The molecule has 2 N–H and O–H groups in total. The molecule has 136 valence electrons. The fraction of sp³-hybridized carbons (Fsp3) is 0.389. The Morgan fingerprint density at radius 2 is 1.96 bits per heavy atom. The Kier molecular flexibility index (Phi) is 4.29. The van der Waals surface area contributed by atoms with Crippen LogP contribution in [0.5, 0.6) is 0 Å². The van der Waals surface area contributed by atoms with Gasteiger partial charge in [0.05, 0.1) is 21.8 Å². The molecule has 2 heterocycles. The van der Waals surface area contributed by atoms with Gasteiger partial charge in [0.1, 0.15) is 5.82 Å². The molecule has 0 amide bonds. The Morgan fingerprint density at radius 1 is 1.19 bits per heavy atom. The van der Waals surface area contributed by atoms with E-state index in [0.717, 1.165) is 56.7 Å². The lowest BCUT2D eigenvalue weighted by Gasteiger charge is -2.31. The van der Waals surface area contributed by atoms with Gasteiger partial charge in [0.15, 0.2) is 0 Å². The number of nitro benzene ring substituents is 1. The maximum atomic E-state index is 13.6. The summed E-state index contributed by atoms with van der Waals surface area (Å²) in [5, 5.41) is 14.8. The maximum absolute atomic E-state index is 13.6. The predicted molar refractivity (Wildman–Crippen MR) is 96.6 cm³/mol. The minimum atomic E-state index is -0.790. The van der Waals surface area contributed by atoms with Gasteiger partial charge in [-0.1, -0.05) is 6.08 Å². The van der Waals surface area contributed by atoms with Crippen LogP contribution in [0.25, 0.3) is 16.3 Å². The summed E-state index contributed by atoms with van der Waals surface area (Å²) in [6.07, 6.45) is 3.89. The molecule has 1 atom stereocenters. The van der Waals surface area contributed by atoms with Gasteiger partial charge in [-0.3, -0.25) is 19.8 Å². The molecule has 2 aromatic rings. The van der Waals surface area contributed by atoms with Crippen LogP contribution in [0.2, 0.25) is 0 Å². The number of H-pyrrole nitrogens is 1. The van der Waals surface area contributed by atoms with E-state index in [1.807, 2.05) is 0 Å². The van der Waals surface area contributed by atoms with Crippen LogP contribution in [0.3, 0.4) is 0 Å². The van der Waals surface area contributed by atoms with E-state index in [1.165, 1.54) is 0 Å². The molecule has 0 bridgehead atoms. The molecule has 0 saturated carbocycles. The van der Waals surface area contributed by atoms with Crippen LogP contribution >= 0.6 is 0 Å². The van der Waals surface area contributed by atoms with E-state index in [9.17, 15) is 19.3 Å². The molecule has 1 aromatic carbocycles. The lowest BCUT2D eigenvalue weighted by molar-refractivity contribution is -0.383. The first kappa shape index (κ1) is 16.9. The molecule has 26 heavy (non-hydrogen) atoms. The number of nitrogens with one attached hydrogen (secondary N) is 2. The van der Waals surface area contributed by atoms with E-state index >= 15 is 0 Å². The van der Waals surface area contributed by atoms with E-state index in [0.29, 0.717) is 11.7 Å². The number of halogens is 1. The molecule has 8 heteroatoms. The molecule has 1 saturated heterocycles. The van der Waals surface area contributed by atoms with Crippen molar-refractivity contribution >= 4 is 22.0 Å². The Hall–Kier alpha value is -2.58. The first-order valence-corrected chi connectivity index (χ1v) is 8.70. The number of rotatable bonds is 3. The minimum absolute atomic E-state index is 0.00213. The van der Waals surface area contributed by atoms with Crippen LogP contribution in [0, 0.1) is 15.9 Å². The maximum Gasteiger partial charge on any atom is 0.280 e. The van der Waals surface area contributed by atoms with E-state index < -0.39 is 16.3 Å². The number of allylic oxidation sites excluding steroid dienone is 1. The predicted octanol–water partition coefficient (Wildman–Crippen LogP) is 2.03. The second-order valence-electron chi connectivity index (χ2n) is 6.74. The monoisotopic (exact) mass is 358 g/mol. The molecule has 1 aliphatic carbocycles. The normalized spacial score (nSPS) is 21.1. The zero-order chi connectivity index (χ0) is 18.3. The lowest BCUT2D eigenvalue weighted by atomic mass is 10.1. The summed E-state index contributed by atoms with van der Waals surface area (Å²) in [5.41, 5.74) is 0.664. The zero-order valence-electron chi connectivity index (χ0n) is 14.1. The number of hydrogen-bond donors (Lipinski definition) is 2. The van der Waals surface area contributed by atoms with Crippen LogP contribution in [-0.2, 0) is 0 Å². The van der Waals surface area contributed by atoms with Gasteiger partial charge >= 0.3 is 0 Å². The fourth-order valence-corrected chi connectivity index (χ4v) is 3.87. The molecule has 0 spiro atoms. The number of pyridine rings is 1. The number of aromatic amines is 1. The van der Waals surface area contributed by atoms with Crippen molar-refractivity contribution in [3.63, 3.8) is 0 Å². The molecule has 1 aliphatic heterocycles. The van der Waals surface area contributed by atoms with Crippen LogP contribution in [0.4, 0.5) is 10.1 Å². The van der Waals surface area contributed by atoms with Gasteiger partial charge in [-0.25, -0.2) is 4.39 Å². The van der Waals surface area contributed by atoms with E-state index in [1.54, 1.807) is 6.07 Å². The Morgan fingerprint density at radius 3 is 2.69 bits per heavy atom. The number of aromatic nitrogens is 1. The van der Waals surface area contributed by atoms with Crippen molar-refractivity contribution in [1.29, 1.82) is 0 Å². The first-order chi connectivity index (χ1) is 12.5. The SMILES string of the molecule is O=c1[nH]c(C2=C[C@H](N3CCNCC3)CC2)cc2c([N+](=O)[O-])cc(F)cc12. The van der Waals surface area contributed by atoms with Crippen LogP contribution in [0.15, 0.2) is 29.1 Å². The molecular weight excluding hydrogens is 339 g/mol. The number of piperazine rings is 1. The van der Waals surface area contributed by atoms with Gasteiger partial charge in [-0.05, 0) is 30.5 Å². The van der Waals surface area contributed by atoms with Crippen molar-refractivity contribution in [2.24, 2.45) is 0 Å². The standard InChI is InChI=1S/C18H19FN4O3/c19-12-8-15-14(17(9-12)23(25)26)10-16(21-18(15)24)11-1-2-13(7-11)22-5-3-20-4-6-22/h7-10,13,20H,1-6H2,(H,21,24)/t13-/m1/s1. The Balaban J connectivity index is 1.75. The third kappa shape index (κ3) is 3.02. The van der Waals surface area contributed by atoms with Gasteiger partial charge in [0.2, 0.25) is 0 Å². The highest BCUT2D eigenvalue weighted by Crippen LogP contribution is 2.32. The molecular formula is C18H19FN4O3. The highest BCUT2D eigenvalue weighted by atomic mass is 19.1. The Labute approximate surface area is 148 Å². The van der Waals surface area contributed by atoms with Gasteiger partial charge in [0, 0.05) is 37.9 Å². The average molecular weight is 358 g/mol. The summed E-state index contributed by atoms with van der Waals surface area (Å²) < 4.78 is 13.6. The van der Waals surface area contributed by atoms with Gasteiger partial charge in [0.25, 0.3) is 11.2 Å². The average Bonchev–Trinajstić information content (AvgIpc) is 3.12. The highest BCUT2D eigenvalue weighted by molar-refractivity contribution is 5.92. The van der Waals surface area contributed by atoms with Crippen LogP contribution in [0.1, 0.15) is 18.5 Å². The molecule has 1 aromatic heterocycles. The first-order valence-electron chi connectivity index (χ1n) is 8.70. The van der Waals surface area contributed by atoms with E-state index in [-0.39, 0.29) is 16.5 Å². The van der Waals surface area contributed by atoms with E-state index in [2.05, 4.69) is 21.3 Å². The Bertz CT molecular complexity index is 963. The third-order valence-corrected chi connectivity index (χ3v) is 5.17. The highest BCUT2D eigenvalue weighted by Gasteiger charge is 2.25. The summed E-state index contributed by atoms with van der Waals surface area (Å²) in [5.74, 6) is -0.790. The molecule has 1 fully saturated rings. The second-order valence-corrected chi connectivity index (χ2v) is 6.74. The van der Waals surface area contributed by atoms with Crippen molar-refractivity contribution in [2.75, 3.05) is 26.2 Å². The fourth-order valence-electron chi connectivity index (χ4n) is 3.87. The summed E-state index contributed by atoms with van der Waals surface area (Å²) in [6, 6.07) is 3.81. The van der Waals surface area contributed by atoms with Crippen molar-refractivity contribution in [2.45, 2.75) is 18.9 Å². The largest absolute Gasteiger partial charge is 0.322 e. The van der Waals surface area contributed by atoms with Gasteiger partial charge < -0.3 is 10.3 Å². The lowest BCUT2D eigenvalue weighted by Crippen LogP contribution is -2.47. The molecule has 0 unspecified atom stereocenters. The molecule has 7 nitrogen and oxygen atoms in total. The number of non-ortho nitro benzene ring substituents is 1. The van der Waals surface area contributed by atoms with Crippen molar-refractivity contribution in [3.05, 3.63) is 56.3 Å². The number of nitrogens with zero attached hydrogens (tertiary/aromatic N) is 2.